The number of allylic oxidation sites excluding steroid dienone is 1. The first kappa shape index (κ1) is 69.6. The maximum absolute atomic E-state index is 14.1. The van der Waals surface area contributed by atoms with E-state index < -0.39 is 201 Å². The maximum Gasteiger partial charge on any atom is 0.331 e. The number of ketones is 3. The molecule has 89 heavy (non-hydrogen) atoms. The summed E-state index contributed by atoms with van der Waals surface area (Å²) in [4.78, 5) is 54.6. The Hall–Kier alpha value is -3.70. The fourth-order valence-corrected chi connectivity index (χ4v) is 14.6. The zero-order chi connectivity index (χ0) is 64.6. The molecule has 27 heteroatoms. The zero-order valence-electron chi connectivity index (χ0n) is 51.3. The molecule has 5 aliphatic heterocycles. The van der Waals surface area contributed by atoms with Crippen molar-refractivity contribution in [1.29, 1.82) is 0 Å². The summed E-state index contributed by atoms with van der Waals surface area (Å²) in [6.07, 6.45) is -25.4. The standard InChI is InChI=1S/C62H90O27/c1-28(65)34-15-16-41(68)61(34,6)42(85-43(69)17-14-32-12-10-9-11-13-32)22-35-36(66)19-21-62(76)25-33(18-20-60(35,62)5)82-45-24-38(77-7)53(30(3)80-45)86-44-23-37(67)52(29(2)79-44)87-59-51(75)56(78-8)54(31(4)81-59)88-58-50(74)48(72)55(40(27-64)84-58)89-57-49(73)47(71)46(70)39(26-63)83-57/h9-14,17,19,21,29-31,33-35,37-40,42,44-59,63-64,67,70-76H,15-16,18,20,22-27H2,1-8H3/t29-,30-,31-,33+,34-,35+,37+,38+,39-,40-,42-,44+,45+,46-,47+,48-,49-,50-,51-,52-,53-,54-,55-,56-,57+,58+,59+,60-,61-,62+/m1/s1. The van der Waals surface area contributed by atoms with Gasteiger partial charge in [0.25, 0.3) is 0 Å². The molecule has 27 nitrogen and oxygen atoms in total. The lowest BCUT2D eigenvalue weighted by Crippen LogP contribution is -2.66. The molecule has 500 valence electrons. The number of rotatable bonds is 21. The smallest absolute Gasteiger partial charge is 0.331 e. The molecular formula is C62H90O27. The molecular weight excluding hydrogens is 1180 g/mol. The van der Waals surface area contributed by atoms with E-state index in [9.17, 15) is 70.2 Å². The van der Waals surface area contributed by atoms with Gasteiger partial charge in [0.2, 0.25) is 0 Å². The van der Waals surface area contributed by atoms with Gasteiger partial charge in [0.1, 0.15) is 97.0 Å². The Morgan fingerprint density at radius 2 is 1.28 bits per heavy atom. The number of aliphatic hydroxyl groups is 10. The van der Waals surface area contributed by atoms with Crippen molar-refractivity contribution in [2.45, 2.75) is 252 Å². The van der Waals surface area contributed by atoms with Crippen molar-refractivity contribution in [1.82, 2.24) is 0 Å². The van der Waals surface area contributed by atoms with Gasteiger partial charge in [-0.25, -0.2) is 4.79 Å². The van der Waals surface area contributed by atoms with Crippen LogP contribution >= 0.6 is 0 Å². The molecule has 0 spiro atoms. The lowest BCUT2D eigenvalue weighted by Gasteiger charge is -2.55. The van der Waals surface area contributed by atoms with Crippen molar-refractivity contribution in [2.24, 2.45) is 22.7 Å². The third-order valence-electron chi connectivity index (χ3n) is 20.0. The number of methoxy groups -OCH3 is 2. The number of Topliss-reactive ketones (excluding diaryl/α,β-unsaturated/α-hetero) is 2. The van der Waals surface area contributed by atoms with Crippen LogP contribution in [0.1, 0.15) is 98.5 Å². The van der Waals surface area contributed by atoms with Crippen LogP contribution in [-0.4, -0.2) is 261 Å². The van der Waals surface area contributed by atoms with Crippen molar-refractivity contribution < 1.29 is 132 Å². The highest BCUT2D eigenvalue weighted by Crippen LogP contribution is 2.57. The van der Waals surface area contributed by atoms with Crippen LogP contribution in [0, 0.1) is 22.7 Å². The van der Waals surface area contributed by atoms with Crippen molar-refractivity contribution in [3.05, 3.63) is 54.1 Å². The summed E-state index contributed by atoms with van der Waals surface area (Å²) in [5.74, 6) is -3.15. The minimum atomic E-state index is -1.90. The van der Waals surface area contributed by atoms with E-state index in [0.717, 1.165) is 5.56 Å². The van der Waals surface area contributed by atoms with E-state index in [0.29, 0.717) is 12.8 Å². The van der Waals surface area contributed by atoms with Gasteiger partial charge in [-0.1, -0.05) is 37.3 Å². The molecule has 0 bridgehead atoms. The number of ether oxygens (including phenoxy) is 13. The third-order valence-corrected chi connectivity index (χ3v) is 20.0. The zero-order valence-corrected chi connectivity index (χ0v) is 51.3. The molecule has 3 aliphatic carbocycles. The average molecular weight is 1270 g/mol. The number of aliphatic hydroxyl groups excluding tert-OH is 9. The second kappa shape index (κ2) is 28.9. The van der Waals surface area contributed by atoms with Gasteiger partial charge in [-0.2, -0.15) is 0 Å². The third kappa shape index (κ3) is 14.2. The molecule has 5 heterocycles. The summed E-state index contributed by atoms with van der Waals surface area (Å²) < 4.78 is 78.7. The summed E-state index contributed by atoms with van der Waals surface area (Å²) >= 11 is 0. The first-order chi connectivity index (χ1) is 42.2. The van der Waals surface area contributed by atoms with Gasteiger partial charge in [0.15, 0.2) is 37.2 Å². The molecule has 7 fully saturated rings. The summed E-state index contributed by atoms with van der Waals surface area (Å²) in [5.41, 5.74) is -3.37. The van der Waals surface area contributed by atoms with Crippen LogP contribution in [0.5, 0.6) is 0 Å². The van der Waals surface area contributed by atoms with E-state index in [1.807, 2.05) is 37.3 Å². The van der Waals surface area contributed by atoms with Crippen LogP contribution in [0.3, 0.4) is 0 Å². The SMILES string of the molecule is CO[C@@H]1[C@@H](O)[C@H](O[C@H]2[C@@H](O)C[C@H](O[C@H]3[C@@H](OC)C[C@H](O[C@H]4CC[C@]5(C)[C@@H](C[C@@H](OC(=O)C=Cc6ccccc6)[C@@]6(C)C(=O)CC[C@@H]6C(C)=O)C(=O)C=C[C@]5(O)C4)O[C@@H]3C)O[C@@H]2C)O[C@H](C)[C@H]1O[C@@H]1O[C@H](CO)[C@@H](O[C@@H]2O[C@H](CO)[C@@H](O)[C@H](O)[C@H]2O)[C@H](O)[C@H]1O. The van der Waals surface area contributed by atoms with Crippen LogP contribution in [0.15, 0.2) is 48.6 Å². The van der Waals surface area contributed by atoms with Crippen LogP contribution in [-0.2, 0) is 80.8 Å². The Bertz CT molecular complexity index is 2610. The van der Waals surface area contributed by atoms with Crippen LogP contribution in [0.2, 0.25) is 0 Å². The molecule has 0 unspecified atom stereocenters. The van der Waals surface area contributed by atoms with Crippen molar-refractivity contribution in [2.75, 3.05) is 27.4 Å². The van der Waals surface area contributed by atoms with E-state index in [1.54, 1.807) is 33.8 Å². The largest absolute Gasteiger partial charge is 0.458 e. The molecule has 0 aromatic heterocycles. The highest BCUT2D eigenvalue weighted by atomic mass is 16.8. The van der Waals surface area contributed by atoms with E-state index in [2.05, 4.69) is 0 Å². The molecule has 30 atom stereocenters. The Kier molecular flexibility index (Phi) is 22.6. The van der Waals surface area contributed by atoms with Crippen LogP contribution in [0.4, 0.5) is 0 Å². The first-order valence-corrected chi connectivity index (χ1v) is 30.7. The second-order valence-electron chi connectivity index (χ2n) is 25.5. The van der Waals surface area contributed by atoms with E-state index in [-0.39, 0.29) is 55.9 Å². The Balaban J connectivity index is 0.777. The van der Waals surface area contributed by atoms with Gasteiger partial charge in [0, 0.05) is 63.2 Å². The van der Waals surface area contributed by atoms with Gasteiger partial charge >= 0.3 is 5.97 Å². The summed E-state index contributed by atoms with van der Waals surface area (Å²) in [5, 5.41) is 109. The molecule has 1 aromatic carbocycles. The maximum atomic E-state index is 14.1. The summed E-state index contributed by atoms with van der Waals surface area (Å²) in [7, 11) is 2.79. The molecule has 5 saturated heterocycles. The lowest BCUT2D eigenvalue weighted by molar-refractivity contribution is -0.384. The van der Waals surface area contributed by atoms with Gasteiger partial charge in [0.05, 0.1) is 60.9 Å². The normalized spacial score (nSPS) is 46.6. The first-order valence-electron chi connectivity index (χ1n) is 30.7. The molecule has 1 aromatic rings. The molecule has 2 saturated carbocycles. The van der Waals surface area contributed by atoms with Crippen LogP contribution in [0.25, 0.3) is 6.08 Å². The van der Waals surface area contributed by atoms with Crippen molar-refractivity contribution in [3.8, 4) is 0 Å². The minimum Gasteiger partial charge on any atom is -0.458 e. The van der Waals surface area contributed by atoms with Gasteiger partial charge < -0.3 is 113 Å². The number of hydrogen-bond acceptors (Lipinski definition) is 27. The molecule has 0 radical (unpaired) electrons. The minimum absolute atomic E-state index is 0.0673. The lowest BCUT2D eigenvalue weighted by atomic mass is 9.52. The fourth-order valence-electron chi connectivity index (χ4n) is 14.6. The molecule has 9 rings (SSSR count). The van der Waals surface area contributed by atoms with Crippen molar-refractivity contribution in [3.63, 3.8) is 0 Å². The average Bonchev–Trinajstić information content (AvgIpc) is 1.31. The van der Waals surface area contributed by atoms with Gasteiger partial charge in [-0.05, 0) is 84.1 Å². The predicted molar refractivity (Wildman–Crippen MR) is 303 cm³/mol. The summed E-state index contributed by atoms with van der Waals surface area (Å²) in [6, 6.07) is 9.10. The number of fused-ring (bicyclic) bond motifs is 1. The number of esters is 1. The quantitative estimate of drug-likeness (QED) is 0.0531. The van der Waals surface area contributed by atoms with Gasteiger partial charge in [-0.3, -0.25) is 14.4 Å². The predicted octanol–water partition coefficient (Wildman–Crippen LogP) is -0.816. The Labute approximate surface area is 516 Å². The second-order valence-corrected chi connectivity index (χ2v) is 25.5. The monoisotopic (exact) mass is 1270 g/mol. The van der Waals surface area contributed by atoms with Crippen LogP contribution < -0.4 is 0 Å². The highest BCUT2D eigenvalue weighted by molar-refractivity contribution is 5.97. The topological polar surface area (TPSA) is 391 Å². The molecule has 8 aliphatic rings. The molecule has 0 amide bonds. The Morgan fingerprint density at radius 3 is 1.92 bits per heavy atom. The van der Waals surface area contributed by atoms with E-state index >= 15 is 0 Å². The number of benzene rings is 1. The van der Waals surface area contributed by atoms with Gasteiger partial charge in [-0.15, -0.1) is 0 Å². The molecule has 10 N–H and O–H groups in total. The highest BCUT2D eigenvalue weighted by Gasteiger charge is 2.62. The number of hydrogen-bond donors (Lipinski definition) is 10. The fraction of sp³-hybridized carbons (Fsp3) is 0.774. The Morgan fingerprint density at radius 1 is 0.674 bits per heavy atom. The van der Waals surface area contributed by atoms with E-state index in [1.165, 1.54) is 39.4 Å². The number of carbonyl (C=O) groups excluding carboxylic acids is 4. The van der Waals surface area contributed by atoms with Crippen molar-refractivity contribution >= 4 is 29.4 Å². The summed E-state index contributed by atoms with van der Waals surface area (Å²) in [6.45, 7) is 8.26. The number of carbonyl (C=O) groups is 4. The van der Waals surface area contributed by atoms with E-state index in [4.69, 9.17) is 61.6 Å².